The Bertz CT molecular complexity index is 611. The zero-order valence-corrected chi connectivity index (χ0v) is 15.0. The molecule has 7 nitrogen and oxygen atoms in total. The third kappa shape index (κ3) is 5.36. The second kappa shape index (κ2) is 9.43. The van der Waals surface area contributed by atoms with Gasteiger partial charge in [-0.1, -0.05) is 12.1 Å². The van der Waals surface area contributed by atoms with Gasteiger partial charge in [-0.2, -0.15) is 0 Å². The second-order valence-corrected chi connectivity index (χ2v) is 6.66. The third-order valence-electron chi connectivity index (χ3n) is 4.67. The molecule has 0 bridgehead atoms. The van der Waals surface area contributed by atoms with Crippen LogP contribution >= 0.6 is 0 Å². The molecule has 0 unspecified atom stereocenters. The Morgan fingerprint density at radius 2 is 2.00 bits per heavy atom. The molecule has 0 radical (unpaired) electrons. The molecule has 0 aromatic heterocycles. The largest absolute Gasteiger partial charge is 0.489 e. The van der Waals surface area contributed by atoms with E-state index in [1.54, 1.807) is 6.07 Å². The van der Waals surface area contributed by atoms with E-state index in [4.69, 9.17) is 9.47 Å². The lowest BCUT2D eigenvalue weighted by Crippen LogP contribution is -2.34. The first-order chi connectivity index (χ1) is 12.7. The van der Waals surface area contributed by atoms with Gasteiger partial charge in [-0.3, -0.25) is 4.79 Å². The highest BCUT2D eigenvalue weighted by molar-refractivity contribution is 5.91. The van der Waals surface area contributed by atoms with E-state index in [0.29, 0.717) is 31.0 Å². The quantitative estimate of drug-likeness (QED) is 0.781. The third-order valence-corrected chi connectivity index (χ3v) is 4.67. The number of anilines is 1. The van der Waals surface area contributed by atoms with E-state index >= 15 is 0 Å². The SMILES string of the molecule is O=C(NCCC(=O)N1CCCC1)Nc1ccccc1OC[C@H]1CCCO1. The zero-order valence-electron chi connectivity index (χ0n) is 15.0. The molecule has 2 aliphatic heterocycles. The van der Waals surface area contributed by atoms with Crippen LogP contribution in [-0.2, 0) is 9.53 Å². The van der Waals surface area contributed by atoms with Gasteiger partial charge in [0.2, 0.25) is 5.91 Å². The normalized spacial score (nSPS) is 19.4. The summed E-state index contributed by atoms with van der Waals surface area (Å²) in [7, 11) is 0. The first-order valence-corrected chi connectivity index (χ1v) is 9.38. The smallest absolute Gasteiger partial charge is 0.319 e. The molecule has 1 aromatic carbocycles. The van der Waals surface area contributed by atoms with E-state index in [1.807, 2.05) is 23.1 Å². The standard InChI is InChI=1S/C19H27N3O4/c23-18(22-11-3-4-12-22)9-10-20-19(24)21-16-7-1-2-8-17(16)26-14-15-6-5-13-25-15/h1-2,7-8,15H,3-6,9-14H2,(H2,20,21,24)/t15-/m1/s1. The van der Waals surface area contributed by atoms with Crippen molar-refractivity contribution in [2.24, 2.45) is 0 Å². The molecular weight excluding hydrogens is 334 g/mol. The molecule has 1 aromatic rings. The van der Waals surface area contributed by atoms with Gasteiger partial charge in [0.25, 0.3) is 0 Å². The molecule has 1 atom stereocenters. The monoisotopic (exact) mass is 361 g/mol. The number of ether oxygens (including phenoxy) is 2. The van der Waals surface area contributed by atoms with Gasteiger partial charge in [0, 0.05) is 32.7 Å². The van der Waals surface area contributed by atoms with Crippen LogP contribution in [0.2, 0.25) is 0 Å². The molecule has 3 amide bonds. The van der Waals surface area contributed by atoms with Crippen LogP contribution in [0.3, 0.4) is 0 Å². The van der Waals surface area contributed by atoms with Gasteiger partial charge in [-0.05, 0) is 37.8 Å². The van der Waals surface area contributed by atoms with Gasteiger partial charge in [0.15, 0.2) is 0 Å². The first kappa shape index (κ1) is 18.5. The highest BCUT2D eigenvalue weighted by Crippen LogP contribution is 2.25. The Balaban J connectivity index is 1.42. The second-order valence-electron chi connectivity index (χ2n) is 6.66. The first-order valence-electron chi connectivity index (χ1n) is 9.38. The topological polar surface area (TPSA) is 79.9 Å². The molecule has 2 saturated heterocycles. The van der Waals surface area contributed by atoms with Crippen molar-refractivity contribution in [3.8, 4) is 5.75 Å². The van der Waals surface area contributed by atoms with Gasteiger partial charge < -0.3 is 25.0 Å². The molecule has 2 aliphatic rings. The van der Waals surface area contributed by atoms with E-state index < -0.39 is 0 Å². The van der Waals surface area contributed by atoms with E-state index in [2.05, 4.69) is 10.6 Å². The Kier molecular flexibility index (Phi) is 6.71. The average molecular weight is 361 g/mol. The van der Waals surface area contributed by atoms with E-state index in [0.717, 1.165) is 45.4 Å². The summed E-state index contributed by atoms with van der Waals surface area (Å²) >= 11 is 0. The van der Waals surface area contributed by atoms with E-state index in [1.165, 1.54) is 0 Å². The van der Waals surface area contributed by atoms with Crippen LogP contribution in [0.25, 0.3) is 0 Å². The Morgan fingerprint density at radius 3 is 2.77 bits per heavy atom. The van der Waals surface area contributed by atoms with Crippen LogP contribution in [-0.4, -0.2) is 55.8 Å². The van der Waals surface area contributed by atoms with E-state index in [-0.39, 0.29) is 18.0 Å². The van der Waals surface area contributed by atoms with Crippen molar-refractivity contribution < 1.29 is 19.1 Å². The maximum absolute atomic E-state index is 12.1. The minimum absolute atomic E-state index is 0.100. The molecule has 0 aliphatic carbocycles. The summed E-state index contributed by atoms with van der Waals surface area (Å²) in [6.45, 7) is 3.25. The number of hydrogen-bond acceptors (Lipinski definition) is 4. The van der Waals surface area contributed by atoms with Crippen molar-refractivity contribution >= 4 is 17.6 Å². The highest BCUT2D eigenvalue weighted by atomic mass is 16.5. The highest BCUT2D eigenvalue weighted by Gasteiger charge is 2.18. The van der Waals surface area contributed by atoms with Crippen LogP contribution in [0.5, 0.6) is 5.75 Å². The van der Waals surface area contributed by atoms with Gasteiger partial charge in [-0.25, -0.2) is 4.79 Å². The molecule has 0 spiro atoms. The van der Waals surface area contributed by atoms with Gasteiger partial charge in [0.05, 0.1) is 11.8 Å². The summed E-state index contributed by atoms with van der Waals surface area (Å²) in [5.74, 6) is 0.717. The lowest BCUT2D eigenvalue weighted by Gasteiger charge is -2.16. The zero-order chi connectivity index (χ0) is 18.2. The Morgan fingerprint density at radius 1 is 1.19 bits per heavy atom. The van der Waals surface area contributed by atoms with E-state index in [9.17, 15) is 9.59 Å². The number of urea groups is 1. The number of carbonyl (C=O) groups is 2. The van der Waals surface area contributed by atoms with Crippen molar-refractivity contribution in [1.29, 1.82) is 0 Å². The fraction of sp³-hybridized carbons (Fsp3) is 0.579. The van der Waals surface area contributed by atoms with Crippen molar-refractivity contribution in [1.82, 2.24) is 10.2 Å². The van der Waals surface area contributed by atoms with Crippen molar-refractivity contribution in [3.05, 3.63) is 24.3 Å². The molecule has 2 N–H and O–H groups in total. The molecule has 26 heavy (non-hydrogen) atoms. The van der Waals surface area contributed by atoms with Gasteiger partial charge >= 0.3 is 6.03 Å². The van der Waals surface area contributed by atoms with Crippen LogP contribution in [0.15, 0.2) is 24.3 Å². The lowest BCUT2D eigenvalue weighted by molar-refractivity contribution is -0.129. The number of likely N-dealkylation sites (tertiary alicyclic amines) is 1. The molecule has 2 fully saturated rings. The summed E-state index contributed by atoms with van der Waals surface area (Å²) in [5.41, 5.74) is 0.605. The summed E-state index contributed by atoms with van der Waals surface area (Å²) in [4.78, 5) is 25.9. The number of para-hydroxylation sites is 2. The fourth-order valence-corrected chi connectivity index (χ4v) is 3.23. The van der Waals surface area contributed by atoms with Crippen LogP contribution in [0.4, 0.5) is 10.5 Å². The summed E-state index contributed by atoms with van der Waals surface area (Å²) in [6, 6.07) is 6.97. The van der Waals surface area contributed by atoms with Crippen LogP contribution in [0.1, 0.15) is 32.1 Å². The van der Waals surface area contributed by atoms with Crippen molar-refractivity contribution in [3.63, 3.8) is 0 Å². The number of benzene rings is 1. The summed E-state index contributed by atoms with van der Waals surface area (Å²) in [5, 5.41) is 5.52. The predicted molar refractivity (Wildman–Crippen MR) is 98.4 cm³/mol. The van der Waals surface area contributed by atoms with Crippen molar-refractivity contribution in [2.45, 2.75) is 38.2 Å². The average Bonchev–Trinajstić information content (AvgIpc) is 3.35. The minimum Gasteiger partial charge on any atom is -0.489 e. The molecule has 142 valence electrons. The number of amides is 3. The fourth-order valence-electron chi connectivity index (χ4n) is 3.23. The summed E-state index contributed by atoms with van der Waals surface area (Å²) < 4.78 is 11.4. The number of nitrogens with one attached hydrogen (secondary N) is 2. The molecule has 7 heteroatoms. The molecular formula is C19H27N3O4. The molecule has 0 saturated carbocycles. The maximum atomic E-state index is 12.1. The Hall–Kier alpha value is -2.28. The van der Waals surface area contributed by atoms with Crippen LogP contribution < -0.4 is 15.4 Å². The molecule has 2 heterocycles. The maximum Gasteiger partial charge on any atom is 0.319 e. The number of rotatable bonds is 7. The number of carbonyl (C=O) groups excluding carboxylic acids is 2. The Labute approximate surface area is 154 Å². The molecule has 3 rings (SSSR count). The summed E-state index contributed by atoms with van der Waals surface area (Å²) in [6.07, 6.45) is 4.65. The minimum atomic E-state index is -0.340. The predicted octanol–water partition coefficient (Wildman–Crippen LogP) is 2.38. The number of nitrogens with zero attached hydrogens (tertiary/aromatic N) is 1. The van der Waals surface area contributed by atoms with Gasteiger partial charge in [0.1, 0.15) is 12.4 Å². The van der Waals surface area contributed by atoms with Crippen molar-refractivity contribution in [2.75, 3.05) is 38.2 Å². The van der Waals surface area contributed by atoms with Gasteiger partial charge in [-0.15, -0.1) is 0 Å². The lowest BCUT2D eigenvalue weighted by atomic mass is 10.2. The van der Waals surface area contributed by atoms with Crippen LogP contribution in [0, 0.1) is 0 Å². The number of hydrogen-bond donors (Lipinski definition) is 2.